The van der Waals surface area contributed by atoms with Crippen LogP contribution in [0.15, 0.2) is 30.3 Å². The standard InChI is InChI=1S/C14H6ClF4N3O2/c15-10-11(13(23)24)21-22-9(14(17,18)19)5-8(20-12(10)22)6-1-3-7(16)4-2-6/h1-5H,(H,23,24)/p-1. The minimum atomic E-state index is -4.85. The number of rotatable bonds is 2. The molecule has 2 aromatic heterocycles. The van der Waals surface area contributed by atoms with Crippen LogP contribution in [0, 0.1) is 5.82 Å². The van der Waals surface area contributed by atoms with E-state index in [4.69, 9.17) is 11.6 Å². The van der Waals surface area contributed by atoms with Gasteiger partial charge in [-0.3, -0.25) is 0 Å². The molecule has 0 bridgehead atoms. The number of aromatic carboxylic acids is 1. The SMILES string of the molecule is O=C([O-])c1nn2c(C(F)(F)F)cc(-c3ccc(F)cc3)nc2c1Cl. The zero-order valence-corrected chi connectivity index (χ0v) is 12.2. The Bertz CT molecular complexity index is 951. The Kier molecular flexibility index (Phi) is 3.67. The Morgan fingerprint density at radius 2 is 1.83 bits per heavy atom. The number of halogens is 5. The van der Waals surface area contributed by atoms with Crippen LogP contribution in [0.2, 0.25) is 5.02 Å². The zero-order valence-electron chi connectivity index (χ0n) is 11.4. The van der Waals surface area contributed by atoms with Gasteiger partial charge < -0.3 is 9.90 Å². The molecule has 0 aliphatic heterocycles. The third-order valence-corrected chi connectivity index (χ3v) is 3.50. The number of hydrogen-bond donors (Lipinski definition) is 0. The highest BCUT2D eigenvalue weighted by atomic mass is 35.5. The van der Waals surface area contributed by atoms with Gasteiger partial charge in [0.15, 0.2) is 11.3 Å². The third kappa shape index (κ3) is 2.67. The number of hydrogen-bond acceptors (Lipinski definition) is 4. The molecule has 24 heavy (non-hydrogen) atoms. The molecule has 0 unspecified atom stereocenters. The van der Waals surface area contributed by atoms with Gasteiger partial charge in [-0.1, -0.05) is 11.6 Å². The molecule has 0 radical (unpaired) electrons. The zero-order chi connectivity index (χ0) is 17.6. The van der Waals surface area contributed by atoms with Crippen LogP contribution in [-0.2, 0) is 6.18 Å². The monoisotopic (exact) mass is 358 g/mol. The molecular formula is C14H5ClF4N3O2-. The largest absolute Gasteiger partial charge is 0.543 e. The average Bonchev–Trinajstić information content (AvgIpc) is 2.83. The van der Waals surface area contributed by atoms with Crippen LogP contribution in [0.4, 0.5) is 17.6 Å². The van der Waals surface area contributed by atoms with Gasteiger partial charge >= 0.3 is 6.18 Å². The van der Waals surface area contributed by atoms with Crippen molar-refractivity contribution in [2.24, 2.45) is 0 Å². The third-order valence-electron chi connectivity index (χ3n) is 3.16. The highest BCUT2D eigenvalue weighted by molar-refractivity contribution is 6.36. The smallest absolute Gasteiger partial charge is 0.433 e. The topological polar surface area (TPSA) is 70.3 Å². The highest BCUT2D eigenvalue weighted by Gasteiger charge is 2.36. The van der Waals surface area contributed by atoms with E-state index in [1.54, 1.807) is 0 Å². The molecule has 124 valence electrons. The summed E-state index contributed by atoms with van der Waals surface area (Å²) in [7, 11) is 0. The lowest BCUT2D eigenvalue weighted by Crippen LogP contribution is -2.23. The molecule has 0 N–H and O–H groups in total. The molecule has 1 aromatic carbocycles. The lowest BCUT2D eigenvalue weighted by atomic mass is 10.1. The first-order valence-corrected chi connectivity index (χ1v) is 6.70. The number of nitrogens with zero attached hydrogens (tertiary/aromatic N) is 3. The van der Waals surface area contributed by atoms with E-state index >= 15 is 0 Å². The highest BCUT2D eigenvalue weighted by Crippen LogP contribution is 2.34. The Labute approximate surface area is 136 Å². The molecule has 0 atom stereocenters. The maximum absolute atomic E-state index is 13.3. The van der Waals surface area contributed by atoms with Crippen LogP contribution in [0.3, 0.4) is 0 Å². The van der Waals surface area contributed by atoms with Crippen LogP contribution in [-0.4, -0.2) is 20.6 Å². The van der Waals surface area contributed by atoms with E-state index in [-0.39, 0.29) is 11.3 Å². The van der Waals surface area contributed by atoms with Crippen LogP contribution in [0.25, 0.3) is 16.9 Å². The summed E-state index contributed by atoms with van der Waals surface area (Å²) < 4.78 is 53.1. The predicted octanol–water partition coefficient (Wildman–Crippen LogP) is 2.57. The number of carbonyl (C=O) groups excluding carboxylic acids is 1. The molecule has 0 saturated carbocycles. The summed E-state index contributed by atoms with van der Waals surface area (Å²) in [6, 6.07) is 5.25. The summed E-state index contributed by atoms with van der Waals surface area (Å²) in [4.78, 5) is 14.8. The second kappa shape index (κ2) is 5.45. The van der Waals surface area contributed by atoms with Crippen LogP contribution in [0.1, 0.15) is 16.2 Å². The van der Waals surface area contributed by atoms with Crippen molar-refractivity contribution in [2.45, 2.75) is 6.18 Å². The summed E-state index contributed by atoms with van der Waals surface area (Å²) in [5.74, 6) is -2.40. The Morgan fingerprint density at radius 1 is 1.21 bits per heavy atom. The fraction of sp³-hybridized carbons (Fsp3) is 0.0714. The second-order valence-electron chi connectivity index (χ2n) is 4.72. The Morgan fingerprint density at radius 3 is 2.38 bits per heavy atom. The minimum absolute atomic E-state index is 0.165. The fourth-order valence-corrected chi connectivity index (χ4v) is 2.33. The first kappa shape index (κ1) is 16.2. The summed E-state index contributed by atoms with van der Waals surface area (Å²) in [5, 5.41) is 13.7. The van der Waals surface area contributed by atoms with Crippen molar-refractivity contribution >= 4 is 23.2 Å². The number of carboxylic acid groups (broad SMARTS) is 1. The van der Waals surface area contributed by atoms with E-state index in [0.717, 1.165) is 12.1 Å². The normalized spacial score (nSPS) is 11.9. The van der Waals surface area contributed by atoms with E-state index in [9.17, 15) is 27.5 Å². The number of aromatic nitrogens is 3. The van der Waals surface area contributed by atoms with Crippen molar-refractivity contribution in [3.63, 3.8) is 0 Å². The van der Waals surface area contributed by atoms with E-state index < -0.39 is 40.0 Å². The van der Waals surface area contributed by atoms with Crippen molar-refractivity contribution in [3.05, 3.63) is 52.6 Å². The average molecular weight is 359 g/mol. The molecule has 3 rings (SSSR count). The minimum Gasteiger partial charge on any atom is -0.543 e. The molecule has 0 saturated heterocycles. The van der Waals surface area contributed by atoms with Gasteiger partial charge in [-0.15, -0.1) is 0 Å². The number of carbonyl (C=O) groups is 1. The van der Waals surface area contributed by atoms with E-state index in [0.29, 0.717) is 10.6 Å². The summed E-state index contributed by atoms with van der Waals surface area (Å²) in [5.41, 5.74) is -2.60. The molecular weight excluding hydrogens is 354 g/mol. The molecule has 0 spiro atoms. The first-order valence-electron chi connectivity index (χ1n) is 6.32. The van der Waals surface area contributed by atoms with Gasteiger partial charge in [-0.2, -0.15) is 18.3 Å². The van der Waals surface area contributed by atoms with Gasteiger partial charge in [0.1, 0.15) is 16.5 Å². The molecule has 0 aliphatic rings. The lowest BCUT2D eigenvalue weighted by Gasteiger charge is -2.11. The summed E-state index contributed by atoms with van der Waals surface area (Å²) in [6.45, 7) is 0. The van der Waals surface area contributed by atoms with E-state index in [2.05, 4.69) is 10.1 Å². The molecule has 10 heteroatoms. The van der Waals surface area contributed by atoms with Crippen LogP contribution >= 0.6 is 11.6 Å². The maximum Gasteiger partial charge on any atom is 0.433 e. The van der Waals surface area contributed by atoms with Crippen molar-refractivity contribution in [1.29, 1.82) is 0 Å². The van der Waals surface area contributed by atoms with E-state index in [1.165, 1.54) is 12.1 Å². The molecule has 5 nitrogen and oxygen atoms in total. The van der Waals surface area contributed by atoms with Gasteiger partial charge in [0, 0.05) is 5.56 Å². The Hall–Kier alpha value is -2.68. The molecule has 3 aromatic rings. The number of benzene rings is 1. The molecule has 2 heterocycles. The number of fused-ring (bicyclic) bond motifs is 1. The quantitative estimate of drug-likeness (QED) is 0.660. The van der Waals surface area contributed by atoms with Crippen molar-refractivity contribution in [2.75, 3.05) is 0 Å². The molecule has 0 amide bonds. The van der Waals surface area contributed by atoms with Gasteiger partial charge in [-0.25, -0.2) is 13.9 Å². The predicted molar refractivity (Wildman–Crippen MR) is 72.7 cm³/mol. The maximum atomic E-state index is 13.3. The fourth-order valence-electron chi connectivity index (χ4n) is 2.09. The van der Waals surface area contributed by atoms with Gasteiger partial charge in [0.2, 0.25) is 0 Å². The molecule has 0 fully saturated rings. The van der Waals surface area contributed by atoms with Gasteiger partial charge in [0.05, 0.1) is 11.7 Å². The van der Waals surface area contributed by atoms with E-state index in [1.807, 2.05) is 0 Å². The summed E-state index contributed by atoms with van der Waals surface area (Å²) in [6.07, 6.45) is -4.85. The van der Waals surface area contributed by atoms with Crippen LogP contribution in [0.5, 0.6) is 0 Å². The van der Waals surface area contributed by atoms with Crippen molar-refractivity contribution in [3.8, 4) is 11.3 Å². The second-order valence-corrected chi connectivity index (χ2v) is 5.09. The first-order chi connectivity index (χ1) is 11.2. The summed E-state index contributed by atoms with van der Waals surface area (Å²) >= 11 is 5.76. The van der Waals surface area contributed by atoms with Crippen molar-refractivity contribution in [1.82, 2.24) is 14.6 Å². The van der Waals surface area contributed by atoms with Crippen LogP contribution < -0.4 is 5.11 Å². The lowest BCUT2D eigenvalue weighted by molar-refractivity contribution is -0.255. The van der Waals surface area contributed by atoms with Crippen molar-refractivity contribution < 1.29 is 27.5 Å². The Balaban J connectivity index is 2.35. The number of carboxylic acids is 1. The van der Waals surface area contributed by atoms with Gasteiger partial charge in [0.25, 0.3) is 0 Å². The molecule has 0 aliphatic carbocycles. The number of alkyl halides is 3. The van der Waals surface area contributed by atoms with Gasteiger partial charge in [-0.05, 0) is 30.3 Å².